The lowest BCUT2D eigenvalue weighted by Crippen LogP contribution is -2.30. The van der Waals surface area contributed by atoms with Gasteiger partial charge in [0.1, 0.15) is 0 Å². The lowest BCUT2D eigenvalue weighted by molar-refractivity contribution is 0.0953. The Bertz CT molecular complexity index is 485. The number of benzene rings is 1. The molecule has 0 aliphatic rings. The first-order valence-corrected chi connectivity index (χ1v) is 6.10. The molecule has 7 heteroatoms. The van der Waals surface area contributed by atoms with E-state index in [-0.39, 0.29) is 17.0 Å². The van der Waals surface area contributed by atoms with Gasteiger partial charge in [-0.1, -0.05) is 13.0 Å². The first-order valence-electron chi connectivity index (χ1n) is 4.62. The number of carbonyl (C=O) groups excluding carboxylic acids is 1. The van der Waals surface area contributed by atoms with Crippen molar-refractivity contribution in [2.75, 3.05) is 6.54 Å². The van der Waals surface area contributed by atoms with E-state index in [4.69, 9.17) is 5.84 Å². The third kappa shape index (κ3) is 2.78. The minimum Gasteiger partial charge on any atom is -0.290 e. The molecule has 1 aromatic rings. The SMILES string of the molecule is CCNS(=O)(=O)c1cccc(C(=O)NN)c1. The third-order valence-corrected chi connectivity index (χ3v) is 3.42. The molecule has 0 radical (unpaired) electrons. The summed E-state index contributed by atoms with van der Waals surface area (Å²) in [4.78, 5) is 11.2. The molecule has 0 aromatic heterocycles. The molecule has 0 saturated carbocycles. The van der Waals surface area contributed by atoms with Gasteiger partial charge in [-0.05, 0) is 18.2 Å². The normalized spacial score (nSPS) is 11.1. The fraction of sp³-hybridized carbons (Fsp3) is 0.222. The van der Waals surface area contributed by atoms with E-state index in [1.807, 2.05) is 5.43 Å². The van der Waals surface area contributed by atoms with E-state index in [1.54, 1.807) is 6.92 Å². The second kappa shape index (κ2) is 5.06. The summed E-state index contributed by atoms with van der Waals surface area (Å²) in [5.74, 6) is 4.42. The van der Waals surface area contributed by atoms with Gasteiger partial charge in [0, 0.05) is 12.1 Å². The summed E-state index contributed by atoms with van der Waals surface area (Å²) < 4.78 is 25.6. The van der Waals surface area contributed by atoms with Crippen LogP contribution in [0, 0.1) is 0 Å². The molecule has 0 unspecified atom stereocenters. The number of rotatable bonds is 4. The molecule has 0 bridgehead atoms. The predicted molar refractivity (Wildman–Crippen MR) is 59.0 cm³/mol. The number of nitrogen functional groups attached to an aromatic ring is 1. The third-order valence-electron chi connectivity index (χ3n) is 1.87. The highest BCUT2D eigenvalue weighted by Crippen LogP contribution is 2.11. The molecule has 6 nitrogen and oxygen atoms in total. The van der Waals surface area contributed by atoms with Gasteiger partial charge in [0.15, 0.2) is 0 Å². The van der Waals surface area contributed by atoms with Crippen LogP contribution in [-0.4, -0.2) is 20.9 Å². The van der Waals surface area contributed by atoms with Crippen molar-refractivity contribution >= 4 is 15.9 Å². The lowest BCUT2D eigenvalue weighted by Gasteiger charge is -2.05. The maximum Gasteiger partial charge on any atom is 0.265 e. The van der Waals surface area contributed by atoms with E-state index in [0.29, 0.717) is 0 Å². The summed E-state index contributed by atoms with van der Waals surface area (Å²) in [7, 11) is -3.55. The molecule has 0 atom stereocenters. The van der Waals surface area contributed by atoms with Gasteiger partial charge >= 0.3 is 0 Å². The number of nitrogens with two attached hydrogens (primary N) is 1. The minimum atomic E-state index is -3.55. The van der Waals surface area contributed by atoms with Crippen molar-refractivity contribution < 1.29 is 13.2 Å². The van der Waals surface area contributed by atoms with Crippen LogP contribution in [0.1, 0.15) is 17.3 Å². The van der Waals surface area contributed by atoms with E-state index < -0.39 is 15.9 Å². The average molecular weight is 243 g/mol. The highest BCUT2D eigenvalue weighted by molar-refractivity contribution is 7.89. The molecule has 88 valence electrons. The zero-order valence-corrected chi connectivity index (χ0v) is 9.54. The number of nitrogens with one attached hydrogen (secondary N) is 2. The monoisotopic (exact) mass is 243 g/mol. The van der Waals surface area contributed by atoms with Crippen molar-refractivity contribution in [3.8, 4) is 0 Å². The summed E-state index contributed by atoms with van der Waals surface area (Å²) in [5.41, 5.74) is 2.13. The Morgan fingerprint density at radius 3 is 2.69 bits per heavy atom. The van der Waals surface area contributed by atoms with Crippen LogP contribution >= 0.6 is 0 Å². The van der Waals surface area contributed by atoms with E-state index in [0.717, 1.165) is 0 Å². The number of hydrogen-bond donors (Lipinski definition) is 3. The molecule has 0 saturated heterocycles. The summed E-state index contributed by atoms with van der Waals surface area (Å²) in [6, 6.07) is 5.63. The van der Waals surface area contributed by atoms with Crippen LogP contribution in [0.4, 0.5) is 0 Å². The number of hydrogen-bond acceptors (Lipinski definition) is 4. The lowest BCUT2D eigenvalue weighted by atomic mass is 10.2. The van der Waals surface area contributed by atoms with Crippen LogP contribution in [0.15, 0.2) is 29.2 Å². The number of amides is 1. The second-order valence-electron chi connectivity index (χ2n) is 3.00. The Morgan fingerprint density at radius 2 is 2.12 bits per heavy atom. The van der Waals surface area contributed by atoms with Crippen LogP contribution in [0.2, 0.25) is 0 Å². The number of carbonyl (C=O) groups is 1. The maximum atomic E-state index is 11.6. The largest absolute Gasteiger partial charge is 0.290 e. The summed E-state index contributed by atoms with van der Waals surface area (Å²) in [5, 5.41) is 0. The predicted octanol–water partition coefficient (Wildman–Crippen LogP) is -0.412. The zero-order chi connectivity index (χ0) is 12.2. The highest BCUT2D eigenvalue weighted by Gasteiger charge is 2.14. The first kappa shape index (κ1) is 12.6. The van der Waals surface area contributed by atoms with E-state index in [1.165, 1.54) is 24.3 Å². The molecule has 16 heavy (non-hydrogen) atoms. The molecular weight excluding hydrogens is 230 g/mol. The van der Waals surface area contributed by atoms with Gasteiger partial charge in [0.25, 0.3) is 5.91 Å². The van der Waals surface area contributed by atoms with Gasteiger partial charge in [-0.15, -0.1) is 0 Å². The Morgan fingerprint density at radius 1 is 1.44 bits per heavy atom. The van der Waals surface area contributed by atoms with Crippen LogP contribution in [0.25, 0.3) is 0 Å². The minimum absolute atomic E-state index is 0.0375. The molecule has 0 spiro atoms. The summed E-state index contributed by atoms with van der Waals surface area (Å²) in [6.07, 6.45) is 0. The van der Waals surface area contributed by atoms with Crippen molar-refractivity contribution in [2.24, 2.45) is 5.84 Å². The van der Waals surface area contributed by atoms with E-state index >= 15 is 0 Å². The highest BCUT2D eigenvalue weighted by atomic mass is 32.2. The van der Waals surface area contributed by atoms with Crippen molar-refractivity contribution in [1.29, 1.82) is 0 Å². The molecule has 1 rings (SSSR count). The van der Waals surface area contributed by atoms with Crippen molar-refractivity contribution in [2.45, 2.75) is 11.8 Å². The van der Waals surface area contributed by atoms with Gasteiger partial charge in [0.2, 0.25) is 10.0 Å². The van der Waals surface area contributed by atoms with Gasteiger partial charge in [-0.3, -0.25) is 10.2 Å². The molecule has 4 N–H and O–H groups in total. The fourth-order valence-electron chi connectivity index (χ4n) is 1.16. The van der Waals surface area contributed by atoms with Crippen LogP contribution in [-0.2, 0) is 10.0 Å². The molecule has 1 aromatic carbocycles. The molecule has 0 fully saturated rings. The Kier molecular flexibility index (Phi) is 3.99. The van der Waals surface area contributed by atoms with E-state index in [9.17, 15) is 13.2 Å². The average Bonchev–Trinajstić information content (AvgIpc) is 2.28. The Labute approximate surface area is 93.9 Å². The molecular formula is C9H13N3O3S. The summed E-state index contributed by atoms with van der Waals surface area (Å²) in [6.45, 7) is 1.96. The quantitative estimate of drug-likeness (QED) is 0.380. The smallest absolute Gasteiger partial charge is 0.265 e. The van der Waals surface area contributed by atoms with Gasteiger partial charge in [-0.2, -0.15) is 0 Å². The topological polar surface area (TPSA) is 101 Å². The Hall–Kier alpha value is -1.44. The maximum absolute atomic E-state index is 11.6. The van der Waals surface area contributed by atoms with Crippen LogP contribution in [0.5, 0.6) is 0 Å². The number of sulfonamides is 1. The van der Waals surface area contributed by atoms with Gasteiger partial charge < -0.3 is 0 Å². The van der Waals surface area contributed by atoms with Gasteiger partial charge in [-0.25, -0.2) is 19.0 Å². The molecule has 0 aliphatic carbocycles. The van der Waals surface area contributed by atoms with Crippen molar-refractivity contribution in [3.05, 3.63) is 29.8 Å². The van der Waals surface area contributed by atoms with Crippen molar-refractivity contribution in [1.82, 2.24) is 10.1 Å². The first-order chi connectivity index (χ1) is 7.51. The van der Waals surface area contributed by atoms with Crippen LogP contribution < -0.4 is 16.0 Å². The Balaban J connectivity index is 3.13. The van der Waals surface area contributed by atoms with E-state index in [2.05, 4.69) is 4.72 Å². The molecule has 0 aliphatic heterocycles. The van der Waals surface area contributed by atoms with Crippen LogP contribution in [0.3, 0.4) is 0 Å². The number of hydrazine groups is 1. The zero-order valence-electron chi connectivity index (χ0n) is 8.73. The molecule has 1 amide bonds. The molecule has 0 heterocycles. The second-order valence-corrected chi connectivity index (χ2v) is 4.77. The fourth-order valence-corrected chi connectivity index (χ4v) is 2.25. The standard InChI is InChI=1S/C9H13N3O3S/c1-2-11-16(14,15)8-5-3-4-7(6-8)9(13)12-10/h3-6,11H,2,10H2,1H3,(H,12,13). The van der Waals surface area contributed by atoms with Gasteiger partial charge in [0.05, 0.1) is 4.90 Å². The van der Waals surface area contributed by atoms with Crippen molar-refractivity contribution in [3.63, 3.8) is 0 Å². The summed E-state index contributed by atoms with van der Waals surface area (Å²) >= 11 is 0.